The van der Waals surface area contributed by atoms with E-state index >= 15 is 0 Å². The Morgan fingerprint density at radius 1 is 1.45 bits per heavy atom. The quantitative estimate of drug-likeness (QED) is 0.583. The third-order valence-electron chi connectivity index (χ3n) is 2.11. The summed E-state index contributed by atoms with van der Waals surface area (Å²) in [6, 6.07) is 5.04. The number of aryl methyl sites for hydroxylation is 1. The Labute approximate surface area is 73.6 Å². The van der Waals surface area contributed by atoms with Crippen molar-refractivity contribution in [1.29, 1.82) is 0 Å². The minimum absolute atomic E-state index is 0.130. The van der Waals surface area contributed by atoms with Crippen LogP contribution < -0.4 is 0 Å². The number of benzene rings is 1. The molecule has 0 radical (unpaired) electrons. The summed E-state index contributed by atoms with van der Waals surface area (Å²) in [5, 5.41) is 0. The van der Waals surface area contributed by atoms with Crippen molar-refractivity contribution in [2.45, 2.75) is 17.7 Å². The van der Waals surface area contributed by atoms with Crippen LogP contribution in [0.4, 0.5) is 4.39 Å². The van der Waals surface area contributed by atoms with E-state index in [2.05, 4.69) is 15.9 Å². The molecular formula is C9H8BrF. The van der Waals surface area contributed by atoms with Crippen molar-refractivity contribution < 1.29 is 4.39 Å². The predicted molar refractivity (Wildman–Crippen MR) is 46.4 cm³/mol. The number of rotatable bonds is 0. The van der Waals surface area contributed by atoms with Crippen LogP contribution in [0.2, 0.25) is 0 Å². The van der Waals surface area contributed by atoms with Gasteiger partial charge in [0.05, 0.1) is 0 Å². The first-order valence-corrected chi connectivity index (χ1v) is 4.61. The fraction of sp³-hybridized carbons (Fsp3) is 0.333. The molecule has 1 aromatic rings. The first-order chi connectivity index (χ1) is 5.27. The Balaban J connectivity index is 2.52. The summed E-state index contributed by atoms with van der Waals surface area (Å²) in [5.74, 6) is -0.130. The molecule has 0 N–H and O–H groups in total. The third-order valence-corrected chi connectivity index (χ3v) is 3.06. The van der Waals surface area contributed by atoms with Gasteiger partial charge in [0.2, 0.25) is 0 Å². The molecule has 1 atom stereocenters. The smallest absolute Gasteiger partial charge is 0.123 e. The lowest BCUT2D eigenvalue weighted by atomic mass is 10.1. The van der Waals surface area contributed by atoms with Crippen molar-refractivity contribution >= 4 is 15.9 Å². The average Bonchev–Trinajstić information content (AvgIpc) is 2.33. The predicted octanol–water partition coefficient (Wildman–Crippen LogP) is 3.21. The first kappa shape index (κ1) is 7.29. The topological polar surface area (TPSA) is 0 Å². The Hall–Kier alpha value is -0.370. The van der Waals surface area contributed by atoms with Crippen molar-refractivity contribution in [3.63, 3.8) is 0 Å². The minimum atomic E-state index is -0.130. The number of hydrogen-bond acceptors (Lipinski definition) is 0. The molecule has 0 aromatic heterocycles. The van der Waals surface area contributed by atoms with Gasteiger partial charge in [0, 0.05) is 4.83 Å². The summed E-state index contributed by atoms with van der Waals surface area (Å²) in [7, 11) is 0. The molecule has 2 heteroatoms. The zero-order valence-corrected chi connectivity index (χ0v) is 7.57. The maximum atomic E-state index is 12.7. The standard InChI is InChI=1S/C9H8BrF/c10-9-4-2-6-1-3-7(11)5-8(6)9/h1,3,5,9H,2,4H2/t9-/m1/s1. The van der Waals surface area contributed by atoms with Crippen LogP contribution in [0, 0.1) is 5.82 Å². The summed E-state index contributed by atoms with van der Waals surface area (Å²) in [6.45, 7) is 0. The van der Waals surface area contributed by atoms with Crippen LogP contribution in [0.25, 0.3) is 0 Å². The summed E-state index contributed by atoms with van der Waals surface area (Å²) < 4.78 is 12.7. The minimum Gasteiger partial charge on any atom is -0.207 e. The van der Waals surface area contributed by atoms with Crippen LogP contribution in [-0.2, 0) is 6.42 Å². The fourth-order valence-corrected chi connectivity index (χ4v) is 2.18. The molecule has 1 aromatic carbocycles. The highest BCUT2D eigenvalue weighted by molar-refractivity contribution is 9.09. The largest absolute Gasteiger partial charge is 0.207 e. The Morgan fingerprint density at radius 2 is 2.27 bits per heavy atom. The molecule has 0 unspecified atom stereocenters. The molecular weight excluding hydrogens is 207 g/mol. The fourth-order valence-electron chi connectivity index (χ4n) is 1.52. The van der Waals surface area contributed by atoms with Gasteiger partial charge in [-0.2, -0.15) is 0 Å². The molecule has 1 aliphatic carbocycles. The van der Waals surface area contributed by atoms with Crippen molar-refractivity contribution in [3.05, 3.63) is 35.1 Å². The van der Waals surface area contributed by atoms with Crippen LogP contribution in [0.5, 0.6) is 0 Å². The lowest BCUT2D eigenvalue weighted by molar-refractivity contribution is 0.626. The highest BCUT2D eigenvalue weighted by Gasteiger charge is 2.19. The molecule has 2 rings (SSSR count). The molecule has 0 fully saturated rings. The summed E-state index contributed by atoms with van der Waals surface area (Å²) in [5.41, 5.74) is 2.42. The van der Waals surface area contributed by atoms with Gasteiger partial charge >= 0.3 is 0 Å². The van der Waals surface area contributed by atoms with E-state index in [1.165, 1.54) is 11.6 Å². The van der Waals surface area contributed by atoms with Gasteiger partial charge in [-0.1, -0.05) is 22.0 Å². The molecule has 11 heavy (non-hydrogen) atoms. The second kappa shape index (κ2) is 2.59. The van der Waals surface area contributed by atoms with Crippen molar-refractivity contribution in [3.8, 4) is 0 Å². The van der Waals surface area contributed by atoms with Crippen molar-refractivity contribution in [2.75, 3.05) is 0 Å². The molecule has 0 saturated carbocycles. The molecule has 58 valence electrons. The van der Waals surface area contributed by atoms with Gasteiger partial charge in [0.1, 0.15) is 5.82 Å². The Kier molecular flexibility index (Phi) is 1.72. The van der Waals surface area contributed by atoms with Gasteiger partial charge in [-0.25, -0.2) is 4.39 Å². The molecule has 0 heterocycles. The number of hydrogen-bond donors (Lipinski definition) is 0. The lowest BCUT2D eigenvalue weighted by Crippen LogP contribution is -1.84. The molecule has 0 nitrogen and oxygen atoms in total. The third kappa shape index (κ3) is 1.20. The molecule has 0 amide bonds. The SMILES string of the molecule is Fc1ccc2c(c1)[C@H](Br)CC2. The van der Waals surface area contributed by atoms with Crippen molar-refractivity contribution in [2.24, 2.45) is 0 Å². The van der Waals surface area contributed by atoms with E-state index in [-0.39, 0.29) is 5.82 Å². The van der Waals surface area contributed by atoms with Gasteiger partial charge in [-0.05, 0) is 36.1 Å². The summed E-state index contributed by atoms with van der Waals surface area (Å²) in [6.07, 6.45) is 2.17. The second-order valence-electron chi connectivity index (χ2n) is 2.85. The zero-order valence-electron chi connectivity index (χ0n) is 5.98. The summed E-state index contributed by atoms with van der Waals surface area (Å²) >= 11 is 3.50. The van der Waals surface area contributed by atoms with E-state index in [0.717, 1.165) is 18.4 Å². The molecule has 0 saturated heterocycles. The van der Waals surface area contributed by atoms with E-state index in [1.54, 1.807) is 6.07 Å². The van der Waals surface area contributed by atoms with E-state index in [9.17, 15) is 4.39 Å². The zero-order chi connectivity index (χ0) is 7.84. The number of alkyl halides is 1. The van der Waals surface area contributed by atoms with Gasteiger partial charge in [0.25, 0.3) is 0 Å². The molecule has 1 aliphatic rings. The second-order valence-corrected chi connectivity index (χ2v) is 3.95. The highest BCUT2D eigenvalue weighted by Crippen LogP contribution is 2.37. The van der Waals surface area contributed by atoms with Crippen LogP contribution in [0.3, 0.4) is 0 Å². The van der Waals surface area contributed by atoms with E-state index in [1.807, 2.05) is 6.07 Å². The average molecular weight is 215 g/mol. The van der Waals surface area contributed by atoms with E-state index in [0.29, 0.717) is 4.83 Å². The Morgan fingerprint density at radius 3 is 3.09 bits per heavy atom. The maximum absolute atomic E-state index is 12.7. The number of fused-ring (bicyclic) bond motifs is 1. The van der Waals surface area contributed by atoms with E-state index < -0.39 is 0 Å². The van der Waals surface area contributed by atoms with Gasteiger partial charge in [-0.15, -0.1) is 0 Å². The molecule has 0 aliphatic heterocycles. The van der Waals surface area contributed by atoms with Crippen LogP contribution in [0.1, 0.15) is 22.4 Å². The summed E-state index contributed by atoms with van der Waals surface area (Å²) in [4.78, 5) is 0.369. The van der Waals surface area contributed by atoms with Gasteiger partial charge < -0.3 is 0 Å². The monoisotopic (exact) mass is 214 g/mol. The van der Waals surface area contributed by atoms with E-state index in [4.69, 9.17) is 0 Å². The maximum Gasteiger partial charge on any atom is 0.123 e. The van der Waals surface area contributed by atoms with Crippen LogP contribution >= 0.6 is 15.9 Å². The number of halogens is 2. The van der Waals surface area contributed by atoms with Gasteiger partial charge in [0.15, 0.2) is 0 Å². The normalized spacial score (nSPS) is 21.8. The highest BCUT2D eigenvalue weighted by atomic mass is 79.9. The molecule has 0 bridgehead atoms. The van der Waals surface area contributed by atoms with Gasteiger partial charge in [-0.3, -0.25) is 0 Å². The van der Waals surface area contributed by atoms with Crippen LogP contribution in [0.15, 0.2) is 18.2 Å². The van der Waals surface area contributed by atoms with Crippen LogP contribution in [-0.4, -0.2) is 0 Å². The van der Waals surface area contributed by atoms with Crippen molar-refractivity contribution in [1.82, 2.24) is 0 Å². The lowest BCUT2D eigenvalue weighted by Gasteiger charge is -2.01. The Bertz CT molecular complexity index is 283. The first-order valence-electron chi connectivity index (χ1n) is 3.70. The molecule has 0 spiro atoms.